The van der Waals surface area contributed by atoms with E-state index in [-0.39, 0.29) is 11.7 Å². The summed E-state index contributed by atoms with van der Waals surface area (Å²) in [6.07, 6.45) is 1.82. The maximum Gasteiger partial charge on any atom is 0.275 e. The van der Waals surface area contributed by atoms with E-state index in [1.54, 1.807) is 28.2 Å². The molecule has 20 heavy (non-hydrogen) atoms. The lowest BCUT2D eigenvalue weighted by atomic mass is 10.2. The molecule has 0 aliphatic carbocycles. The predicted molar refractivity (Wildman–Crippen MR) is 80.2 cm³/mol. The van der Waals surface area contributed by atoms with Crippen molar-refractivity contribution in [2.75, 3.05) is 26.6 Å². The maximum atomic E-state index is 12.1. The zero-order valence-electron chi connectivity index (χ0n) is 11.8. The van der Waals surface area contributed by atoms with Gasteiger partial charge in [-0.2, -0.15) is 0 Å². The Labute approximate surface area is 122 Å². The van der Waals surface area contributed by atoms with Crippen LogP contribution in [0.1, 0.15) is 12.5 Å². The van der Waals surface area contributed by atoms with E-state index < -0.39 is 0 Å². The molecular weight excluding hydrogens is 276 g/mol. The molecule has 2 rings (SSSR count). The number of nitrogens with zero attached hydrogens (tertiary/aromatic N) is 2. The highest BCUT2D eigenvalue weighted by molar-refractivity contribution is 8.04. The molecule has 0 radical (unpaired) electrons. The molecule has 1 heterocycles. The lowest BCUT2D eigenvalue weighted by Crippen LogP contribution is -2.37. The molecule has 1 N–H and O–H groups in total. The molecule has 1 amide bonds. The molecule has 0 spiro atoms. The summed E-state index contributed by atoms with van der Waals surface area (Å²) in [5.41, 5.74) is 0.836. The lowest BCUT2D eigenvalue weighted by Gasteiger charge is -2.21. The van der Waals surface area contributed by atoms with Crippen molar-refractivity contribution in [3.63, 3.8) is 0 Å². The van der Waals surface area contributed by atoms with E-state index in [9.17, 15) is 9.90 Å². The number of phenols is 1. The van der Waals surface area contributed by atoms with E-state index in [2.05, 4.69) is 0 Å². The highest BCUT2D eigenvalue weighted by Gasteiger charge is 2.28. The van der Waals surface area contributed by atoms with E-state index in [4.69, 9.17) is 4.74 Å². The molecular formula is C14H18N2O3S. The van der Waals surface area contributed by atoms with Crippen LogP contribution in [0.3, 0.4) is 0 Å². The van der Waals surface area contributed by atoms with Gasteiger partial charge in [0, 0.05) is 14.1 Å². The fourth-order valence-corrected chi connectivity index (χ4v) is 2.88. The number of rotatable bonds is 4. The molecule has 0 atom stereocenters. The summed E-state index contributed by atoms with van der Waals surface area (Å²) < 4.78 is 5.34. The minimum atomic E-state index is -0.00830. The van der Waals surface area contributed by atoms with Crippen LogP contribution in [0, 0.1) is 0 Å². The number of amides is 1. The van der Waals surface area contributed by atoms with Crippen LogP contribution >= 0.6 is 11.8 Å². The first-order valence-electron chi connectivity index (χ1n) is 6.32. The summed E-state index contributed by atoms with van der Waals surface area (Å²) in [7, 11) is 3.68. The Bertz CT molecular complexity index is 543. The Kier molecular flexibility index (Phi) is 4.57. The van der Waals surface area contributed by atoms with Crippen LogP contribution in [0.4, 0.5) is 0 Å². The SMILES string of the molecule is CCOc1cc(/C=C2\SCN(N(C)C)C2=O)ccc1O. The van der Waals surface area contributed by atoms with E-state index in [0.29, 0.717) is 23.1 Å². The van der Waals surface area contributed by atoms with Gasteiger partial charge in [0.2, 0.25) is 0 Å². The molecule has 0 unspecified atom stereocenters. The molecule has 1 aliphatic heterocycles. The summed E-state index contributed by atoms with van der Waals surface area (Å²) in [6, 6.07) is 5.07. The number of carbonyl (C=O) groups is 1. The van der Waals surface area contributed by atoms with Crippen LogP contribution in [0.15, 0.2) is 23.1 Å². The molecule has 108 valence electrons. The number of aromatic hydroxyl groups is 1. The number of hydrogen-bond acceptors (Lipinski definition) is 5. The summed E-state index contributed by atoms with van der Waals surface area (Å²) in [6.45, 7) is 2.34. The van der Waals surface area contributed by atoms with Crippen molar-refractivity contribution in [2.24, 2.45) is 0 Å². The number of ether oxygens (including phenoxy) is 1. The van der Waals surface area contributed by atoms with Gasteiger partial charge in [-0.05, 0) is 30.7 Å². The molecule has 0 aromatic heterocycles. The normalized spacial score (nSPS) is 17.3. The van der Waals surface area contributed by atoms with Crippen molar-refractivity contribution in [1.82, 2.24) is 10.0 Å². The first kappa shape index (κ1) is 14.7. The first-order chi connectivity index (χ1) is 9.52. The maximum absolute atomic E-state index is 12.1. The summed E-state index contributed by atoms with van der Waals surface area (Å²) >= 11 is 1.50. The Balaban J connectivity index is 2.23. The Morgan fingerprint density at radius 1 is 1.50 bits per heavy atom. The molecule has 1 aliphatic rings. The average Bonchev–Trinajstić information content (AvgIpc) is 2.75. The fraction of sp³-hybridized carbons (Fsp3) is 0.357. The van der Waals surface area contributed by atoms with Crippen LogP contribution in [0.2, 0.25) is 0 Å². The van der Waals surface area contributed by atoms with Gasteiger partial charge in [0.25, 0.3) is 5.91 Å². The summed E-state index contributed by atoms with van der Waals surface area (Å²) in [4.78, 5) is 12.8. The van der Waals surface area contributed by atoms with Crippen LogP contribution in [-0.2, 0) is 4.79 Å². The zero-order chi connectivity index (χ0) is 14.7. The Morgan fingerprint density at radius 2 is 2.25 bits per heavy atom. The second-order valence-corrected chi connectivity index (χ2v) is 5.48. The second-order valence-electron chi connectivity index (χ2n) is 4.49. The number of hydrazine groups is 1. The Hall–Kier alpha value is -1.66. The van der Waals surface area contributed by atoms with E-state index >= 15 is 0 Å². The minimum absolute atomic E-state index is 0.00830. The van der Waals surface area contributed by atoms with Crippen molar-refractivity contribution in [1.29, 1.82) is 0 Å². The van der Waals surface area contributed by atoms with Gasteiger partial charge in [-0.25, -0.2) is 5.01 Å². The average molecular weight is 294 g/mol. The van der Waals surface area contributed by atoms with Crippen molar-refractivity contribution in [3.05, 3.63) is 28.7 Å². The van der Waals surface area contributed by atoms with Crippen LogP contribution in [0.5, 0.6) is 11.5 Å². The van der Waals surface area contributed by atoms with Crippen molar-refractivity contribution >= 4 is 23.7 Å². The third kappa shape index (κ3) is 3.08. The summed E-state index contributed by atoms with van der Waals surface area (Å²) in [5.74, 6) is 1.15. The van der Waals surface area contributed by atoms with Gasteiger partial charge < -0.3 is 9.84 Å². The third-order valence-corrected chi connectivity index (χ3v) is 3.83. The predicted octanol–water partition coefficient (Wildman–Crippen LogP) is 2.14. The van der Waals surface area contributed by atoms with E-state index in [1.807, 2.05) is 27.1 Å². The van der Waals surface area contributed by atoms with Gasteiger partial charge in [-0.15, -0.1) is 0 Å². The molecule has 0 saturated carbocycles. The van der Waals surface area contributed by atoms with Gasteiger partial charge in [-0.3, -0.25) is 9.80 Å². The molecule has 1 saturated heterocycles. The molecule has 0 bridgehead atoms. The highest BCUT2D eigenvalue weighted by atomic mass is 32.2. The molecule has 1 aromatic carbocycles. The van der Waals surface area contributed by atoms with Crippen molar-refractivity contribution in [3.8, 4) is 11.5 Å². The molecule has 1 aromatic rings. The molecule has 1 fully saturated rings. The standard InChI is InChI=1S/C14H18N2O3S/c1-4-19-12-7-10(5-6-11(12)17)8-13-14(18)16(9-20-13)15(2)3/h5-8,17H,4,9H2,1-3H3/b13-8-. The Morgan fingerprint density at radius 3 is 2.85 bits per heavy atom. The smallest absolute Gasteiger partial charge is 0.275 e. The van der Waals surface area contributed by atoms with E-state index in [0.717, 1.165) is 5.56 Å². The van der Waals surface area contributed by atoms with E-state index in [1.165, 1.54) is 11.8 Å². The van der Waals surface area contributed by atoms with Crippen LogP contribution < -0.4 is 4.74 Å². The number of carbonyl (C=O) groups excluding carboxylic acids is 1. The number of hydrogen-bond donors (Lipinski definition) is 1. The number of phenolic OH excluding ortho intramolecular Hbond substituents is 1. The van der Waals surface area contributed by atoms with Crippen molar-refractivity contribution < 1.29 is 14.6 Å². The van der Waals surface area contributed by atoms with Crippen LogP contribution in [0.25, 0.3) is 6.08 Å². The number of thioether (sulfide) groups is 1. The van der Waals surface area contributed by atoms with Gasteiger partial charge in [0.15, 0.2) is 11.5 Å². The molecule has 5 nitrogen and oxygen atoms in total. The highest BCUT2D eigenvalue weighted by Crippen LogP contribution is 2.32. The fourth-order valence-electron chi connectivity index (χ4n) is 1.82. The third-order valence-electron chi connectivity index (χ3n) is 2.85. The van der Waals surface area contributed by atoms with Gasteiger partial charge in [-0.1, -0.05) is 17.8 Å². The zero-order valence-corrected chi connectivity index (χ0v) is 12.6. The van der Waals surface area contributed by atoms with Crippen LogP contribution in [-0.4, -0.2) is 47.6 Å². The largest absolute Gasteiger partial charge is 0.504 e. The summed E-state index contributed by atoms with van der Waals surface area (Å²) in [5, 5.41) is 13.1. The van der Waals surface area contributed by atoms with Gasteiger partial charge >= 0.3 is 0 Å². The number of benzene rings is 1. The monoisotopic (exact) mass is 294 g/mol. The second kappa shape index (κ2) is 6.19. The molecule has 6 heteroatoms. The van der Waals surface area contributed by atoms with Gasteiger partial charge in [0.1, 0.15) is 0 Å². The lowest BCUT2D eigenvalue weighted by molar-refractivity contribution is -0.136. The van der Waals surface area contributed by atoms with Crippen molar-refractivity contribution in [2.45, 2.75) is 6.92 Å². The first-order valence-corrected chi connectivity index (χ1v) is 7.31. The quantitative estimate of drug-likeness (QED) is 0.862. The van der Waals surface area contributed by atoms with Gasteiger partial charge in [0.05, 0.1) is 17.4 Å². The minimum Gasteiger partial charge on any atom is -0.504 e. The topological polar surface area (TPSA) is 53.0 Å².